The third-order valence-corrected chi connectivity index (χ3v) is 4.69. The van der Waals surface area contributed by atoms with Gasteiger partial charge in [0.1, 0.15) is 12.0 Å². The van der Waals surface area contributed by atoms with Gasteiger partial charge >= 0.3 is 11.9 Å². The monoisotopic (exact) mass is 340 g/mol. The van der Waals surface area contributed by atoms with Gasteiger partial charge in [-0.25, -0.2) is 4.79 Å². The van der Waals surface area contributed by atoms with Crippen LogP contribution >= 0.6 is 0 Å². The van der Waals surface area contributed by atoms with E-state index < -0.39 is 0 Å². The van der Waals surface area contributed by atoms with E-state index in [9.17, 15) is 9.59 Å². The van der Waals surface area contributed by atoms with Crippen LogP contribution in [0.4, 0.5) is 0 Å². The van der Waals surface area contributed by atoms with Gasteiger partial charge in [-0.3, -0.25) is 4.79 Å². The Labute approximate surface area is 145 Å². The van der Waals surface area contributed by atoms with Gasteiger partial charge in [0.2, 0.25) is 0 Å². The van der Waals surface area contributed by atoms with Crippen molar-refractivity contribution in [3.05, 3.63) is 11.6 Å². The second kappa shape index (κ2) is 10.5. The second-order valence-corrected chi connectivity index (χ2v) is 7.21. The molecule has 1 heterocycles. The fraction of sp³-hybridized carbons (Fsp3) is 0.789. The van der Waals surface area contributed by atoms with Gasteiger partial charge in [0.05, 0.1) is 13.7 Å². The van der Waals surface area contributed by atoms with Gasteiger partial charge in [-0.05, 0) is 44.4 Å². The highest BCUT2D eigenvalue weighted by Crippen LogP contribution is 2.28. The first-order chi connectivity index (χ1) is 11.4. The highest BCUT2D eigenvalue weighted by atomic mass is 16.6. The Morgan fingerprint density at radius 1 is 1.33 bits per heavy atom. The quantitative estimate of drug-likeness (QED) is 0.355. The molecule has 5 nitrogen and oxygen atoms in total. The number of cyclic esters (lactones) is 1. The lowest BCUT2D eigenvalue weighted by atomic mass is 9.88. The molecule has 1 aliphatic heterocycles. The van der Waals surface area contributed by atoms with Gasteiger partial charge in [0, 0.05) is 6.08 Å². The van der Waals surface area contributed by atoms with Crippen LogP contribution < -0.4 is 0 Å². The van der Waals surface area contributed by atoms with E-state index >= 15 is 0 Å². The highest BCUT2D eigenvalue weighted by molar-refractivity contribution is 5.82. The number of hydrogen-bond acceptors (Lipinski definition) is 5. The zero-order valence-corrected chi connectivity index (χ0v) is 15.4. The van der Waals surface area contributed by atoms with Gasteiger partial charge in [-0.2, -0.15) is 0 Å². The summed E-state index contributed by atoms with van der Waals surface area (Å²) in [7, 11) is 1.39. The average molecular weight is 340 g/mol. The zero-order valence-electron chi connectivity index (χ0n) is 15.4. The van der Waals surface area contributed by atoms with Crippen LogP contribution in [0.15, 0.2) is 11.6 Å². The molecule has 4 unspecified atom stereocenters. The predicted molar refractivity (Wildman–Crippen MR) is 92.3 cm³/mol. The topological polar surface area (TPSA) is 72.8 Å². The molecule has 0 spiro atoms. The molecule has 4 atom stereocenters. The summed E-state index contributed by atoms with van der Waals surface area (Å²) in [5.74, 6) is 0.313. The number of carbonyl (C=O) groups excluding carboxylic acids is 2. The van der Waals surface area contributed by atoms with Crippen molar-refractivity contribution in [2.75, 3.05) is 13.7 Å². The maximum atomic E-state index is 11.2. The SMILES string of the molecule is COC(=O)C=C(C)CC(C)CC(C)CCCCC1OC(=O)C1CO. The van der Waals surface area contributed by atoms with Crippen LogP contribution in [-0.2, 0) is 19.1 Å². The molecule has 5 heteroatoms. The molecule has 0 bridgehead atoms. The van der Waals surface area contributed by atoms with Crippen molar-refractivity contribution in [3.8, 4) is 0 Å². The Balaban J connectivity index is 2.15. The van der Waals surface area contributed by atoms with E-state index in [1.54, 1.807) is 6.08 Å². The van der Waals surface area contributed by atoms with Crippen LogP contribution in [0.25, 0.3) is 0 Å². The van der Waals surface area contributed by atoms with E-state index in [1.807, 2.05) is 6.92 Å². The number of hydrogen-bond donors (Lipinski definition) is 1. The highest BCUT2D eigenvalue weighted by Gasteiger charge is 2.41. The van der Waals surface area contributed by atoms with E-state index in [2.05, 4.69) is 18.6 Å². The smallest absolute Gasteiger partial charge is 0.330 e. The van der Waals surface area contributed by atoms with Gasteiger partial charge < -0.3 is 14.6 Å². The summed E-state index contributed by atoms with van der Waals surface area (Å²) in [6.07, 6.45) is 7.65. The summed E-state index contributed by atoms with van der Waals surface area (Å²) in [5, 5.41) is 9.08. The fourth-order valence-electron chi connectivity index (χ4n) is 3.45. The number of aliphatic hydroxyl groups excluding tert-OH is 1. The lowest BCUT2D eigenvalue weighted by molar-refractivity contribution is -0.189. The molecule has 1 N–H and O–H groups in total. The summed E-state index contributed by atoms with van der Waals surface area (Å²) in [5.41, 5.74) is 1.06. The van der Waals surface area contributed by atoms with E-state index in [0.29, 0.717) is 11.8 Å². The molecule has 0 amide bonds. The first kappa shape index (κ1) is 20.7. The van der Waals surface area contributed by atoms with Crippen molar-refractivity contribution in [1.29, 1.82) is 0 Å². The number of rotatable bonds is 11. The molecular formula is C19H32O5. The summed E-state index contributed by atoms with van der Waals surface area (Å²) in [6, 6.07) is 0. The van der Waals surface area contributed by atoms with Gasteiger partial charge in [0.15, 0.2) is 0 Å². The molecule has 0 aliphatic carbocycles. The normalized spacial score (nSPS) is 23.2. The number of allylic oxidation sites excluding steroid dienone is 1. The third kappa shape index (κ3) is 7.04. The maximum absolute atomic E-state index is 11.2. The standard InChI is InChI=1S/C19H32O5/c1-13(9-14(2)10-15(3)11-18(21)23-4)7-5-6-8-17-16(12-20)19(22)24-17/h11,13-14,16-17,20H,5-10,12H2,1-4H3. The number of carbonyl (C=O) groups is 2. The van der Waals surface area contributed by atoms with Crippen molar-refractivity contribution < 1.29 is 24.2 Å². The molecule has 1 saturated heterocycles. The molecule has 24 heavy (non-hydrogen) atoms. The van der Waals surface area contributed by atoms with Crippen molar-refractivity contribution in [2.24, 2.45) is 17.8 Å². The number of unbranched alkanes of at least 4 members (excludes halogenated alkanes) is 1. The molecule has 1 rings (SSSR count). The molecule has 1 aliphatic rings. The lowest BCUT2D eigenvalue weighted by Gasteiger charge is -2.33. The molecule has 0 aromatic heterocycles. The van der Waals surface area contributed by atoms with Gasteiger partial charge in [0.25, 0.3) is 0 Å². The number of methoxy groups -OCH3 is 1. The van der Waals surface area contributed by atoms with Crippen molar-refractivity contribution in [3.63, 3.8) is 0 Å². The first-order valence-electron chi connectivity index (χ1n) is 8.93. The molecule has 0 aromatic rings. The molecule has 1 fully saturated rings. The maximum Gasteiger partial charge on any atom is 0.330 e. The predicted octanol–water partition coefficient (Wildman–Crippen LogP) is 3.25. The zero-order chi connectivity index (χ0) is 18.1. The van der Waals surface area contributed by atoms with Crippen LogP contribution in [0.3, 0.4) is 0 Å². The lowest BCUT2D eigenvalue weighted by Crippen LogP contribution is -2.47. The summed E-state index contributed by atoms with van der Waals surface area (Å²) in [4.78, 5) is 22.3. The Morgan fingerprint density at radius 3 is 2.62 bits per heavy atom. The first-order valence-corrected chi connectivity index (χ1v) is 8.93. The molecule has 0 aromatic carbocycles. The number of ether oxygens (including phenoxy) is 2. The summed E-state index contributed by atoms with van der Waals surface area (Å²) in [6.45, 7) is 6.34. The minimum atomic E-state index is -0.299. The number of aliphatic hydroxyl groups is 1. The Hall–Kier alpha value is -1.36. The minimum absolute atomic E-state index is 0.0807. The van der Waals surface area contributed by atoms with Crippen LogP contribution in [0, 0.1) is 17.8 Å². The molecule has 138 valence electrons. The second-order valence-electron chi connectivity index (χ2n) is 7.21. The summed E-state index contributed by atoms with van der Waals surface area (Å²) < 4.78 is 9.70. The number of esters is 2. The van der Waals surface area contributed by atoms with E-state index in [0.717, 1.165) is 44.1 Å². The van der Waals surface area contributed by atoms with Crippen LogP contribution in [-0.4, -0.2) is 36.9 Å². The summed E-state index contributed by atoms with van der Waals surface area (Å²) >= 11 is 0. The van der Waals surface area contributed by atoms with E-state index in [-0.39, 0.29) is 30.6 Å². The van der Waals surface area contributed by atoms with Crippen molar-refractivity contribution in [1.82, 2.24) is 0 Å². The Morgan fingerprint density at radius 2 is 2.04 bits per heavy atom. The van der Waals surface area contributed by atoms with Gasteiger partial charge in [-0.15, -0.1) is 0 Å². The van der Waals surface area contributed by atoms with E-state index in [4.69, 9.17) is 9.84 Å². The average Bonchev–Trinajstić information content (AvgIpc) is 2.49. The largest absolute Gasteiger partial charge is 0.466 e. The fourth-order valence-corrected chi connectivity index (χ4v) is 3.45. The van der Waals surface area contributed by atoms with Crippen LogP contribution in [0.1, 0.15) is 59.3 Å². The Kier molecular flexibility index (Phi) is 9.04. The van der Waals surface area contributed by atoms with Crippen molar-refractivity contribution >= 4 is 11.9 Å². The Bertz CT molecular complexity index is 443. The molecular weight excluding hydrogens is 308 g/mol. The van der Waals surface area contributed by atoms with Crippen LogP contribution in [0.5, 0.6) is 0 Å². The molecule has 0 radical (unpaired) electrons. The minimum Gasteiger partial charge on any atom is -0.466 e. The van der Waals surface area contributed by atoms with Crippen LogP contribution in [0.2, 0.25) is 0 Å². The third-order valence-electron chi connectivity index (χ3n) is 4.69. The van der Waals surface area contributed by atoms with Gasteiger partial charge in [-0.1, -0.05) is 32.3 Å². The van der Waals surface area contributed by atoms with Crippen molar-refractivity contribution in [2.45, 2.75) is 65.4 Å². The molecule has 0 saturated carbocycles. The van der Waals surface area contributed by atoms with E-state index in [1.165, 1.54) is 7.11 Å².